The van der Waals surface area contributed by atoms with E-state index in [4.69, 9.17) is 22.2 Å². The third kappa shape index (κ3) is 6.92. The van der Waals surface area contributed by atoms with Gasteiger partial charge in [-0.3, -0.25) is 0 Å². The number of rotatable bonds is 6. The highest BCUT2D eigenvalue weighted by Crippen LogP contribution is 2.39. The number of hydrogen-bond donors (Lipinski definition) is 2. The Labute approximate surface area is 228 Å². The second-order valence-electron chi connectivity index (χ2n) is 11.2. The van der Waals surface area contributed by atoms with Crippen LogP contribution in [-0.4, -0.2) is 47.8 Å². The number of nitrogens with one attached hydrogen (secondary N) is 2. The van der Waals surface area contributed by atoms with Crippen LogP contribution < -0.4 is 20.4 Å². The third-order valence-corrected chi connectivity index (χ3v) is 8.82. The van der Waals surface area contributed by atoms with Crippen molar-refractivity contribution in [3.05, 3.63) is 42.0 Å². The molecule has 2 saturated heterocycles. The zero-order valence-electron chi connectivity index (χ0n) is 22.4. The summed E-state index contributed by atoms with van der Waals surface area (Å²) in [5.74, 6) is 2.69. The fourth-order valence-corrected chi connectivity index (χ4v) is 6.55. The van der Waals surface area contributed by atoms with Gasteiger partial charge in [-0.2, -0.15) is 9.97 Å². The molecule has 200 valence electrons. The average molecular weight is 521 g/mol. The topological polar surface area (TPSA) is 56.3 Å². The van der Waals surface area contributed by atoms with Gasteiger partial charge in [-0.25, -0.2) is 0 Å². The van der Waals surface area contributed by atoms with E-state index in [1.54, 1.807) is 0 Å². The molecule has 1 aliphatic carbocycles. The van der Waals surface area contributed by atoms with Crippen LogP contribution in [0, 0.1) is 0 Å². The molecule has 2 aromatic rings. The van der Waals surface area contributed by atoms with Crippen molar-refractivity contribution in [2.45, 2.75) is 88.9 Å². The lowest BCUT2D eigenvalue weighted by atomic mass is 9.69. The molecule has 5 rings (SSSR count). The summed E-state index contributed by atoms with van der Waals surface area (Å²) in [5, 5.41) is 7.58. The van der Waals surface area contributed by atoms with E-state index in [1.807, 2.05) is 0 Å². The number of anilines is 3. The number of aromatic nitrogens is 2. The van der Waals surface area contributed by atoms with Crippen LogP contribution in [0.4, 0.5) is 17.6 Å². The van der Waals surface area contributed by atoms with Gasteiger partial charge in [0.25, 0.3) is 0 Å². The Morgan fingerprint density at radius 3 is 1.78 bits per heavy atom. The van der Waals surface area contributed by atoms with Crippen LogP contribution in [0.3, 0.4) is 0 Å². The molecule has 0 bridgehead atoms. The van der Waals surface area contributed by atoms with Crippen LogP contribution >= 0.6 is 12.2 Å². The molecule has 3 heterocycles. The molecule has 2 N–H and O–H groups in total. The lowest BCUT2D eigenvalue weighted by molar-refractivity contribution is 0.292. The monoisotopic (exact) mass is 520 g/mol. The Bertz CT molecular complexity index is 952. The third-order valence-electron chi connectivity index (χ3n) is 8.57. The molecule has 0 radical (unpaired) electrons. The van der Waals surface area contributed by atoms with Crippen molar-refractivity contribution in [2.24, 2.45) is 0 Å². The smallest absolute Gasteiger partial charge is 0.232 e. The molecule has 0 atom stereocenters. The van der Waals surface area contributed by atoms with Crippen LogP contribution in [0.5, 0.6) is 0 Å². The highest BCUT2D eigenvalue weighted by atomic mass is 32.1. The normalized spacial score (nSPS) is 20.5. The fourth-order valence-electron chi connectivity index (χ4n) is 6.38. The van der Waals surface area contributed by atoms with Gasteiger partial charge in [-0.15, -0.1) is 0 Å². The number of nitrogens with zero attached hydrogens (tertiary/aromatic N) is 4. The first-order valence-corrected chi connectivity index (χ1v) is 15.1. The Morgan fingerprint density at radius 2 is 1.24 bits per heavy atom. The molecule has 3 fully saturated rings. The summed E-state index contributed by atoms with van der Waals surface area (Å²) < 4.78 is 0. The molecule has 0 unspecified atom stereocenters. The Morgan fingerprint density at radius 1 is 0.730 bits per heavy atom. The molecular weight excluding hydrogens is 476 g/mol. The summed E-state index contributed by atoms with van der Waals surface area (Å²) in [5.41, 5.74) is 1.56. The maximum Gasteiger partial charge on any atom is 0.232 e. The van der Waals surface area contributed by atoms with Crippen molar-refractivity contribution in [3.63, 3.8) is 0 Å². The molecule has 3 aliphatic rings. The Balaban J connectivity index is 1.32. The molecule has 1 aromatic heterocycles. The van der Waals surface area contributed by atoms with E-state index >= 15 is 0 Å². The minimum absolute atomic E-state index is 0.136. The molecular formula is C30H44N6S. The number of benzene rings is 1. The summed E-state index contributed by atoms with van der Waals surface area (Å²) in [6.07, 6.45) is 16.4. The standard InChI is InChI=1S/C30H44N6S/c37-29(31-24-30(17-9-6-10-18-30)25-15-7-5-8-16-25)34-28-32-26(35-19-11-1-2-12-20-35)23-27(33-28)36-21-13-3-4-14-22-36/h5,7-8,15-16,23H,1-4,6,9-14,17-22,24H2,(H2,31,32,33,34,37). The van der Waals surface area contributed by atoms with Gasteiger partial charge in [0.15, 0.2) is 5.11 Å². The predicted octanol–water partition coefficient (Wildman–Crippen LogP) is 6.43. The van der Waals surface area contributed by atoms with Crippen LogP contribution in [0.15, 0.2) is 36.4 Å². The SMILES string of the molecule is S=C(NCC1(c2ccccc2)CCCCC1)Nc1nc(N2CCCCCC2)cc(N2CCCCCC2)n1. The first kappa shape index (κ1) is 26.2. The van der Waals surface area contributed by atoms with Crippen molar-refractivity contribution in [3.8, 4) is 0 Å². The molecule has 37 heavy (non-hydrogen) atoms. The largest absolute Gasteiger partial charge is 0.361 e. The quantitative estimate of drug-likeness (QED) is 0.426. The predicted molar refractivity (Wildman–Crippen MR) is 159 cm³/mol. The number of thiocarbonyl (C=S) groups is 1. The number of hydrogen-bond acceptors (Lipinski definition) is 5. The van der Waals surface area contributed by atoms with E-state index in [1.165, 1.54) is 89.0 Å². The minimum Gasteiger partial charge on any atom is -0.361 e. The molecule has 2 aliphatic heterocycles. The second-order valence-corrected chi connectivity index (χ2v) is 11.6. The summed E-state index contributed by atoms with van der Waals surface area (Å²) >= 11 is 5.82. The Hall–Kier alpha value is -2.41. The summed E-state index contributed by atoms with van der Waals surface area (Å²) in [4.78, 5) is 14.9. The van der Waals surface area contributed by atoms with Gasteiger partial charge in [-0.1, -0.05) is 75.3 Å². The molecule has 0 spiro atoms. The highest BCUT2D eigenvalue weighted by Gasteiger charge is 2.33. The second kappa shape index (κ2) is 12.9. The van der Waals surface area contributed by atoms with Gasteiger partial charge in [0, 0.05) is 44.2 Å². The molecule has 6 nitrogen and oxygen atoms in total. The first-order valence-electron chi connectivity index (χ1n) is 14.7. The summed E-state index contributed by atoms with van der Waals surface area (Å²) in [6, 6.07) is 13.2. The zero-order chi connectivity index (χ0) is 25.3. The van der Waals surface area contributed by atoms with Crippen LogP contribution in [0.1, 0.15) is 89.0 Å². The lowest BCUT2D eigenvalue weighted by Crippen LogP contribution is -2.43. The average Bonchev–Trinajstić information content (AvgIpc) is 3.39. The Kier molecular flexibility index (Phi) is 9.14. The van der Waals surface area contributed by atoms with Crippen molar-refractivity contribution in [1.29, 1.82) is 0 Å². The van der Waals surface area contributed by atoms with Gasteiger partial charge >= 0.3 is 0 Å². The van der Waals surface area contributed by atoms with E-state index < -0.39 is 0 Å². The van der Waals surface area contributed by atoms with E-state index in [0.29, 0.717) is 11.1 Å². The van der Waals surface area contributed by atoms with Crippen LogP contribution in [0.2, 0.25) is 0 Å². The fraction of sp³-hybridized carbons (Fsp3) is 0.633. The minimum atomic E-state index is 0.136. The van der Waals surface area contributed by atoms with E-state index in [0.717, 1.165) is 44.4 Å². The first-order chi connectivity index (χ1) is 18.2. The van der Waals surface area contributed by atoms with Gasteiger partial charge in [-0.05, 0) is 56.3 Å². The molecule has 0 amide bonds. The van der Waals surface area contributed by atoms with Gasteiger partial charge in [0.1, 0.15) is 11.6 Å². The lowest BCUT2D eigenvalue weighted by Gasteiger charge is -2.38. The van der Waals surface area contributed by atoms with Crippen molar-refractivity contribution >= 4 is 34.9 Å². The maximum atomic E-state index is 5.82. The maximum absolute atomic E-state index is 5.82. The summed E-state index contributed by atoms with van der Waals surface area (Å²) in [6.45, 7) is 5.11. The van der Waals surface area contributed by atoms with Gasteiger partial charge < -0.3 is 20.4 Å². The van der Waals surface area contributed by atoms with Crippen LogP contribution in [0.25, 0.3) is 0 Å². The van der Waals surface area contributed by atoms with Gasteiger partial charge in [0.2, 0.25) is 5.95 Å². The summed E-state index contributed by atoms with van der Waals surface area (Å²) in [7, 11) is 0. The van der Waals surface area contributed by atoms with E-state index in [2.05, 4.69) is 56.8 Å². The molecule has 1 saturated carbocycles. The van der Waals surface area contributed by atoms with Crippen molar-refractivity contribution < 1.29 is 0 Å². The van der Waals surface area contributed by atoms with Gasteiger partial charge in [0.05, 0.1) is 0 Å². The molecule has 7 heteroatoms. The van der Waals surface area contributed by atoms with E-state index in [-0.39, 0.29) is 5.41 Å². The van der Waals surface area contributed by atoms with Crippen LogP contribution in [-0.2, 0) is 5.41 Å². The van der Waals surface area contributed by atoms with Crippen molar-refractivity contribution in [1.82, 2.24) is 15.3 Å². The molecule has 1 aromatic carbocycles. The zero-order valence-corrected chi connectivity index (χ0v) is 23.2. The van der Waals surface area contributed by atoms with Crippen molar-refractivity contribution in [2.75, 3.05) is 47.8 Å². The van der Waals surface area contributed by atoms with E-state index in [9.17, 15) is 0 Å². The highest BCUT2D eigenvalue weighted by molar-refractivity contribution is 7.80.